The van der Waals surface area contributed by atoms with Gasteiger partial charge in [0.05, 0.1) is 4.90 Å². The van der Waals surface area contributed by atoms with Gasteiger partial charge >= 0.3 is 5.69 Å². The molecule has 0 saturated carbocycles. The average Bonchev–Trinajstić information content (AvgIpc) is 2.60. The molecule has 0 saturated heterocycles. The van der Waals surface area contributed by atoms with E-state index in [9.17, 15) is 22.8 Å². The second-order valence-corrected chi connectivity index (χ2v) is 8.14. The highest BCUT2D eigenvalue weighted by atomic mass is 32.2. The van der Waals surface area contributed by atoms with Gasteiger partial charge < -0.3 is 9.88 Å². The maximum atomic E-state index is 12.1. The minimum absolute atomic E-state index is 0.0158. The lowest BCUT2D eigenvalue weighted by Crippen LogP contribution is -2.29. The highest BCUT2D eigenvalue weighted by molar-refractivity contribution is 7.89. The molecule has 0 spiro atoms. The van der Waals surface area contributed by atoms with Crippen LogP contribution in [0.3, 0.4) is 0 Å². The monoisotopic (exact) mass is 394 g/mol. The summed E-state index contributed by atoms with van der Waals surface area (Å²) in [7, 11) is -3.58. The number of aromatic amines is 1. The number of aryl methyl sites for hydroxylation is 1. The quantitative estimate of drug-likeness (QED) is 0.600. The molecule has 0 unspecified atom stereocenters. The maximum absolute atomic E-state index is 12.1. The van der Waals surface area contributed by atoms with Crippen LogP contribution in [0.2, 0.25) is 0 Å². The largest absolute Gasteiger partial charge is 0.328 e. The van der Waals surface area contributed by atoms with Crippen molar-refractivity contribution in [2.24, 2.45) is 5.92 Å². The molecule has 0 atom stereocenters. The van der Waals surface area contributed by atoms with Gasteiger partial charge in [-0.05, 0) is 30.2 Å². The molecule has 9 nitrogen and oxygen atoms in total. The van der Waals surface area contributed by atoms with Gasteiger partial charge in [-0.2, -0.15) is 0 Å². The lowest BCUT2D eigenvalue weighted by atomic mass is 10.2. The Morgan fingerprint density at radius 2 is 1.81 bits per heavy atom. The summed E-state index contributed by atoms with van der Waals surface area (Å²) in [5.41, 5.74) is -0.644. The van der Waals surface area contributed by atoms with E-state index >= 15 is 0 Å². The molecule has 1 amide bonds. The molecule has 1 aromatic heterocycles. The molecule has 0 aliphatic carbocycles. The minimum Gasteiger partial charge on any atom is -0.326 e. The highest BCUT2D eigenvalue weighted by Crippen LogP contribution is 2.14. The van der Waals surface area contributed by atoms with Gasteiger partial charge in [-0.3, -0.25) is 14.6 Å². The predicted octanol–water partition coefficient (Wildman–Crippen LogP) is 0.500. The van der Waals surface area contributed by atoms with Crippen molar-refractivity contribution in [3.8, 4) is 0 Å². The Labute approximate surface area is 156 Å². The van der Waals surface area contributed by atoms with Crippen molar-refractivity contribution in [1.82, 2.24) is 14.3 Å². The van der Waals surface area contributed by atoms with Crippen molar-refractivity contribution in [3.63, 3.8) is 0 Å². The Kier molecular flexibility index (Phi) is 6.70. The molecule has 1 heterocycles. The molecule has 0 fully saturated rings. The first-order valence-corrected chi connectivity index (χ1v) is 9.85. The number of amides is 1. The molecule has 0 bridgehead atoms. The topological polar surface area (TPSA) is 130 Å². The van der Waals surface area contributed by atoms with Gasteiger partial charge in [0.25, 0.3) is 5.56 Å². The van der Waals surface area contributed by atoms with Crippen LogP contribution in [0.1, 0.15) is 20.3 Å². The summed E-state index contributed by atoms with van der Waals surface area (Å²) in [4.78, 5) is 36.8. The molecule has 0 aliphatic rings. The number of hydrogen-bond donors (Lipinski definition) is 3. The van der Waals surface area contributed by atoms with Gasteiger partial charge in [-0.25, -0.2) is 17.9 Å². The zero-order valence-corrected chi connectivity index (χ0v) is 15.9. The number of nitrogens with one attached hydrogen (secondary N) is 3. The van der Waals surface area contributed by atoms with Crippen molar-refractivity contribution in [3.05, 3.63) is 57.4 Å². The van der Waals surface area contributed by atoms with E-state index < -0.39 is 21.3 Å². The summed E-state index contributed by atoms with van der Waals surface area (Å²) >= 11 is 0. The van der Waals surface area contributed by atoms with Gasteiger partial charge in [0, 0.05) is 37.5 Å². The number of nitrogens with zero attached hydrogens (tertiary/aromatic N) is 1. The van der Waals surface area contributed by atoms with E-state index in [1.54, 1.807) is 0 Å². The van der Waals surface area contributed by atoms with Crippen molar-refractivity contribution >= 4 is 21.6 Å². The van der Waals surface area contributed by atoms with E-state index in [1.165, 1.54) is 41.1 Å². The summed E-state index contributed by atoms with van der Waals surface area (Å²) in [6.07, 6.45) is 1.33. The van der Waals surface area contributed by atoms with Gasteiger partial charge in [-0.1, -0.05) is 13.8 Å². The number of sulfonamides is 1. The number of anilines is 1. The number of carbonyl (C=O) groups is 1. The molecule has 2 rings (SSSR count). The smallest absolute Gasteiger partial charge is 0.326 e. The fraction of sp³-hybridized carbons (Fsp3) is 0.353. The molecule has 0 radical (unpaired) electrons. The summed E-state index contributed by atoms with van der Waals surface area (Å²) in [6.45, 7) is 4.25. The summed E-state index contributed by atoms with van der Waals surface area (Å²) in [6, 6.07) is 7.00. The number of carbonyl (C=O) groups excluding carboxylic acids is 1. The van der Waals surface area contributed by atoms with Crippen LogP contribution in [-0.4, -0.2) is 30.4 Å². The minimum atomic E-state index is -3.58. The zero-order chi connectivity index (χ0) is 20.0. The second-order valence-electron chi connectivity index (χ2n) is 6.37. The van der Waals surface area contributed by atoms with Crippen LogP contribution < -0.4 is 21.3 Å². The SMILES string of the molecule is CC(C)CNS(=O)(=O)c1ccc(NC(=O)CCn2ccc(=O)[nH]c2=O)cc1. The first-order chi connectivity index (χ1) is 12.7. The Morgan fingerprint density at radius 3 is 2.41 bits per heavy atom. The van der Waals surface area contributed by atoms with E-state index in [-0.39, 0.29) is 29.7 Å². The van der Waals surface area contributed by atoms with Gasteiger partial charge in [-0.15, -0.1) is 0 Å². The average molecular weight is 394 g/mol. The number of H-pyrrole nitrogens is 1. The number of benzene rings is 1. The zero-order valence-electron chi connectivity index (χ0n) is 15.1. The molecule has 0 aliphatic heterocycles. The molecule has 146 valence electrons. The third kappa shape index (κ3) is 6.19. The van der Waals surface area contributed by atoms with Crippen molar-refractivity contribution in [1.29, 1.82) is 0 Å². The Hall–Kier alpha value is -2.72. The number of rotatable bonds is 8. The third-order valence-electron chi connectivity index (χ3n) is 3.61. The van der Waals surface area contributed by atoms with E-state index in [0.717, 1.165) is 0 Å². The van der Waals surface area contributed by atoms with E-state index in [4.69, 9.17) is 0 Å². The van der Waals surface area contributed by atoms with Crippen molar-refractivity contribution in [2.75, 3.05) is 11.9 Å². The van der Waals surface area contributed by atoms with Crippen molar-refractivity contribution < 1.29 is 13.2 Å². The molecular weight excluding hydrogens is 372 g/mol. The fourth-order valence-electron chi connectivity index (χ4n) is 2.14. The van der Waals surface area contributed by atoms with Crippen LogP contribution in [-0.2, 0) is 21.4 Å². The Morgan fingerprint density at radius 1 is 1.15 bits per heavy atom. The van der Waals surface area contributed by atoms with Crippen LogP contribution in [0.4, 0.5) is 5.69 Å². The molecule has 3 N–H and O–H groups in total. The number of aromatic nitrogens is 2. The number of hydrogen-bond acceptors (Lipinski definition) is 5. The Balaban J connectivity index is 1.94. The lowest BCUT2D eigenvalue weighted by Gasteiger charge is -2.10. The third-order valence-corrected chi connectivity index (χ3v) is 5.05. The van der Waals surface area contributed by atoms with Crippen LogP contribution in [0.25, 0.3) is 0 Å². The van der Waals surface area contributed by atoms with Crippen LogP contribution in [0, 0.1) is 5.92 Å². The van der Waals surface area contributed by atoms with Gasteiger partial charge in [0.15, 0.2) is 0 Å². The van der Waals surface area contributed by atoms with E-state index in [1.807, 2.05) is 13.8 Å². The standard InChI is InChI=1S/C17H22N4O5S/c1-12(2)11-18-27(25,26)14-5-3-13(4-6-14)19-15(22)7-9-21-10-8-16(23)20-17(21)24/h3-6,8,10,12,18H,7,9,11H2,1-2H3,(H,19,22)(H,20,23,24). The summed E-state index contributed by atoms with van der Waals surface area (Å²) in [5, 5.41) is 2.63. The summed E-state index contributed by atoms with van der Waals surface area (Å²) < 4.78 is 28.0. The van der Waals surface area contributed by atoms with Gasteiger partial charge in [0.2, 0.25) is 15.9 Å². The second kappa shape index (κ2) is 8.78. The predicted molar refractivity (Wildman–Crippen MR) is 101 cm³/mol. The van der Waals surface area contributed by atoms with E-state index in [2.05, 4.69) is 15.0 Å². The summed E-state index contributed by atoms with van der Waals surface area (Å²) in [5.74, 6) is -0.157. The van der Waals surface area contributed by atoms with Crippen LogP contribution in [0.15, 0.2) is 51.0 Å². The molecular formula is C17H22N4O5S. The Bertz CT molecular complexity index is 1010. The molecule has 10 heteroatoms. The first kappa shape index (κ1) is 20.6. The molecule has 2 aromatic rings. The van der Waals surface area contributed by atoms with Crippen LogP contribution in [0.5, 0.6) is 0 Å². The molecule has 1 aromatic carbocycles. The van der Waals surface area contributed by atoms with Crippen LogP contribution >= 0.6 is 0 Å². The fourth-order valence-corrected chi connectivity index (χ4v) is 3.36. The maximum Gasteiger partial charge on any atom is 0.328 e. The first-order valence-electron chi connectivity index (χ1n) is 8.37. The van der Waals surface area contributed by atoms with Crippen molar-refractivity contribution in [2.45, 2.75) is 31.7 Å². The lowest BCUT2D eigenvalue weighted by molar-refractivity contribution is -0.116. The highest BCUT2D eigenvalue weighted by Gasteiger charge is 2.14. The van der Waals surface area contributed by atoms with Gasteiger partial charge in [0.1, 0.15) is 0 Å². The van der Waals surface area contributed by atoms with E-state index in [0.29, 0.717) is 12.2 Å². The normalized spacial score (nSPS) is 11.5. The molecule has 27 heavy (non-hydrogen) atoms.